The first-order chi connectivity index (χ1) is 9.67. The molecule has 0 atom stereocenters. The van der Waals surface area contributed by atoms with Gasteiger partial charge in [0.1, 0.15) is 0 Å². The Labute approximate surface area is 149 Å². The molecular formula is C15H27IN4S. The van der Waals surface area contributed by atoms with E-state index in [1.807, 2.05) is 6.92 Å². The number of allylic oxidation sites excluding steroid dienone is 1. The van der Waals surface area contributed by atoms with Gasteiger partial charge in [0.2, 0.25) is 0 Å². The molecule has 0 bridgehead atoms. The van der Waals surface area contributed by atoms with E-state index in [-0.39, 0.29) is 24.0 Å². The second kappa shape index (κ2) is 12.0. The fourth-order valence-corrected chi connectivity index (χ4v) is 2.63. The van der Waals surface area contributed by atoms with Crippen molar-refractivity contribution in [2.24, 2.45) is 4.99 Å². The van der Waals surface area contributed by atoms with Gasteiger partial charge < -0.3 is 10.6 Å². The largest absolute Gasteiger partial charge is 0.357 e. The normalized spacial score (nSPS) is 11.5. The van der Waals surface area contributed by atoms with Crippen molar-refractivity contribution in [2.45, 2.75) is 40.5 Å². The summed E-state index contributed by atoms with van der Waals surface area (Å²) in [4.78, 5) is 10.4. The maximum atomic E-state index is 4.55. The number of rotatable bonds is 7. The van der Waals surface area contributed by atoms with Crippen molar-refractivity contribution in [3.05, 3.63) is 27.7 Å². The molecule has 0 aliphatic carbocycles. The minimum absolute atomic E-state index is 0. The number of nitrogens with one attached hydrogen (secondary N) is 2. The highest BCUT2D eigenvalue weighted by Crippen LogP contribution is 2.16. The van der Waals surface area contributed by atoms with Crippen LogP contribution in [0.3, 0.4) is 0 Å². The van der Waals surface area contributed by atoms with Crippen LogP contribution in [0, 0.1) is 13.8 Å². The van der Waals surface area contributed by atoms with Crippen molar-refractivity contribution < 1.29 is 0 Å². The first-order valence-corrected chi connectivity index (χ1v) is 8.05. The highest BCUT2D eigenvalue weighted by Gasteiger charge is 2.03. The summed E-state index contributed by atoms with van der Waals surface area (Å²) in [5.74, 6) is 0.891. The van der Waals surface area contributed by atoms with Crippen LogP contribution in [0.1, 0.15) is 35.8 Å². The monoisotopic (exact) mass is 422 g/mol. The Morgan fingerprint density at radius 3 is 2.67 bits per heavy atom. The molecule has 6 heteroatoms. The summed E-state index contributed by atoms with van der Waals surface area (Å²) in [6, 6.07) is 0. The topological polar surface area (TPSA) is 49.3 Å². The molecule has 1 aromatic rings. The second-order valence-electron chi connectivity index (χ2n) is 4.54. The summed E-state index contributed by atoms with van der Waals surface area (Å²) >= 11 is 1.78. The van der Waals surface area contributed by atoms with Gasteiger partial charge in [-0.3, -0.25) is 4.99 Å². The molecule has 0 amide bonds. The fraction of sp³-hybridized carbons (Fsp3) is 0.600. The highest BCUT2D eigenvalue weighted by atomic mass is 127. The zero-order valence-electron chi connectivity index (χ0n) is 13.4. The predicted molar refractivity (Wildman–Crippen MR) is 104 cm³/mol. The van der Waals surface area contributed by atoms with E-state index in [4.69, 9.17) is 0 Å². The van der Waals surface area contributed by atoms with Gasteiger partial charge in [-0.15, -0.1) is 35.3 Å². The van der Waals surface area contributed by atoms with Gasteiger partial charge in [0.25, 0.3) is 0 Å². The van der Waals surface area contributed by atoms with Gasteiger partial charge in [-0.1, -0.05) is 12.2 Å². The van der Waals surface area contributed by atoms with E-state index in [0.29, 0.717) is 0 Å². The molecule has 0 saturated carbocycles. The summed E-state index contributed by atoms with van der Waals surface area (Å²) in [5, 5.41) is 7.81. The molecule has 4 nitrogen and oxygen atoms in total. The lowest BCUT2D eigenvalue weighted by Crippen LogP contribution is -2.38. The summed E-state index contributed by atoms with van der Waals surface area (Å²) < 4.78 is 0. The van der Waals surface area contributed by atoms with E-state index < -0.39 is 0 Å². The van der Waals surface area contributed by atoms with Crippen LogP contribution in [0.15, 0.2) is 17.1 Å². The number of hydrogen-bond acceptors (Lipinski definition) is 3. The lowest BCUT2D eigenvalue weighted by Gasteiger charge is -2.10. The number of nitrogens with zero attached hydrogens (tertiary/aromatic N) is 2. The van der Waals surface area contributed by atoms with Crippen molar-refractivity contribution in [3.8, 4) is 0 Å². The van der Waals surface area contributed by atoms with Crippen molar-refractivity contribution >= 4 is 41.3 Å². The number of thiazole rings is 1. The van der Waals surface area contributed by atoms with Gasteiger partial charge in [-0.25, -0.2) is 4.98 Å². The van der Waals surface area contributed by atoms with Crippen molar-refractivity contribution in [2.75, 3.05) is 19.6 Å². The van der Waals surface area contributed by atoms with Crippen LogP contribution < -0.4 is 10.6 Å². The van der Waals surface area contributed by atoms with Crippen LogP contribution in [-0.2, 0) is 6.42 Å². The third-order valence-corrected chi connectivity index (χ3v) is 3.98. The SMILES string of the molecule is C/C=C/CCN=C(NCC)NCCc1nc(C)c(C)s1.I. The smallest absolute Gasteiger partial charge is 0.191 e. The highest BCUT2D eigenvalue weighted by molar-refractivity contribution is 14.0. The van der Waals surface area contributed by atoms with Crippen LogP contribution >= 0.6 is 35.3 Å². The third kappa shape index (κ3) is 8.40. The molecule has 0 radical (unpaired) electrons. The zero-order chi connectivity index (χ0) is 14.8. The average Bonchev–Trinajstić information content (AvgIpc) is 2.73. The van der Waals surface area contributed by atoms with E-state index in [1.54, 1.807) is 11.3 Å². The van der Waals surface area contributed by atoms with E-state index in [0.717, 1.165) is 44.1 Å². The summed E-state index contributed by atoms with van der Waals surface area (Å²) in [6.07, 6.45) is 6.12. The molecule has 0 spiro atoms. The molecule has 21 heavy (non-hydrogen) atoms. The van der Waals surface area contributed by atoms with E-state index in [1.165, 1.54) is 9.88 Å². The van der Waals surface area contributed by atoms with Crippen molar-refractivity contribution in [1.29, 1.82) is 0 Å². The minimum Gasteiger partial charge on any atom is -0.357 e. The van der Waals surface area contributed by atoms with Gasteiger partial charge in [-0.05, 0) is 34.1 Å². The van der Waals surface area contributed by atoms with Crippen molar-refractivity contribution in [3.63, 3.8) is 0 Å². The lowest BCUT2D eigenvalue weighted by molar-refractivity contribution is 0.794. The maximum Gasteiger partial charge on any atom is 0.191 e. The Morgan fingerprint density at radius 1 is 1.33 bits per heavy atom. The summed E-state index contributed by atoms with van der Waals surface area (Å²) in [6.45, 7) is 10.9. The van der Waals surface area contributed by atoms with Gasteiger partial charge in [0.05, 0.1) is 10.7 Å². The molecule has 120 valence electrons. The molecule has 0 aromatic carbocycles. The van der Waals surface area contributed by atoms with Gasteiger partial charge in [-0.2, -0.15) is 0 Å². The van der Waals surface area contributed by atoms with Gasteiger partial charge >= 0.3 is 0 Å². The van der Waals surface area contributed by atoms with Crippen LogP contribution in [0.2, 0.25) is 0 Å². The maximum absolute atomic E-state index is 4.55. The van der Waals surface area contributed by atoms with Crippen LogP contribution in [0.5, 0.6) is 0 Å². The second-order valence-corrected chi connectivity index (χ2v) is 5.83. The molecule has 2 N–H and O–H groups in total. The molecule has 0 saturated heterocycles. The summed E-state index contributed by atoms with van der Waals surface area (Å²) in [7, 11) is 0. The Morgan fingerprint density at radius 2 is 2.10 bits per heavy atom. The van der Waals surface area contributed by atoms with E-state index >= 15 is 0 Å². The average molecular weight is 422 g/mol. The van der Waals surface area contributed by atoms with Crippen LogP contribution in [0.25, 0.3) is 0 Å². The standard InChI is InChI=1S/C15H26N4S.HI/c1-5-7-8-10-17-15(16-6-2)18-11-9-14-19-12(3)13(4)20-14;/h5,7H,6,8-11H2,1-4H3,(H2,16,17,18);1H/b7-5+;. The van der Waals surface area contributed by atoms with Crippen LogP contribution in [-0.4, -0.2) is 30.6 Å². The number of aromatic nitrogens is 1. The number of hydrogen-bond donors (Lipinski definition) is 2. The summed E-state index contributed by atoms with van der Waals surface area (Å²) in [5.41, 5.74) is 1.15. The van der Waals surface area contributed by atoms with Gasteiger partial charge in [0, 0.05) is 30.9 Å². The Kier molecular flexibility index (Phi) is 11.6. The Bertz CT molecular complexity index is 435. The Balaban J connectivity index is 0.00000400. The molecule has 0 aliphatic rings. The van der Waals surface area contributed by atoms with Gasteiger partial charge in [0.15, 0.2) is 5.96 Å². The Hall–Kier alpha value is -0.630. The third-order valence-electron chi connectivity index (χ3n) is 2.85. The minimum atomic E-state index is 0. The van der Waals surface area contributed by atoms with E-state index in [9.17, 15) is 0 Å². The fourth-order valence-electron chi connectivity index (χ4n) is 1.69. The van der Waals surface area contributed by atoms with E-state index in [2.05, 4.69) is 53.5 Å². The predicted octanol–water partition coefficient (Wildman–Crippen LogP) is 3.44. The molecular weight excluding hydrogens is 395 g/mol. The molecule has 0 fully saturated rings. The number of halogens is 1. The quantitative estimate of drug-likeness (QED) is 0.233. The lowest BCUT2D eigenvalue weighted by atomic mass is 10.4. The molecule has 0 aliphatic heterocycles. The molecule has 1 aromatic heterocycles. The molecule has 0 unspecified atom stereocenters. The van der Waals surface area contributed by atoms with Crippen molar-refractivity contribution in [1.82, 2.24) is 15.6 Å². The number of guanidine groups is 1. The molecule has 1 rings (SSSR count). The van der Waals surface area contributed by atoms with Crippen LogP contribution in [0.4, 0.5) is 0 Å². The molecule has 1 heterocycles. The zero-order valence-corrected chi connectivity index (χ0v) is 16.5. The number of aryl methyl sites for hydroxylation is 2. The first kappa shape index (κ1) is 20.4. The number of aliphatic imine (C=N–C) groups is 1. The first-order valence-electron chi connectivity index (χ1n) is 7.23.